The molecule has 3 aromatic rings. The minimum Gasteiger partial charge on any atom is -0.414 e. The van der Waals surface area contributed by atoms with Gasteiger partial charge in [0.1, 0.15) is 19.2 Å². The lowest BCUT2D eigenvalue weighted by Crippen LogP contribution is -1.99. The van der Waals surface area contributed by atoms with Gasteiger partial charge in [0.05, 0.1) is 0 Å². The van der Waals surface area contributed by atoms with Crippen molar-refractivity contribution in [2.45, 2.75) is 17.5 Å². The maximum absolute atomic E-state index is 5.84. The van der Waals surface area contributed by atoms with E-state index in [1.54, 1.807) is 11.0 Å². The number of hydrogen-bond acceptors (Lipinski definition) is 6. The van der Waals surface area contributed by atoms with E-state index in [-0.39, 0.29) is 0 Å². The normalized spacial score (nSPS) is 10.8. The molecule has 8 heteroatoms. The minimum atomic E-state index is 0.425. The zero-order valence-corrected chi connectivity index (χ0v) is 11.9. The van der Waals surface area contributed by atoms with Gasteiger partial charge in [-0.1, -0.05) is 35.5 Å². The average molecular weight is 308 g/mol. The summed E-state index contributed by atoms with van der Waals surface area (Å²) in [4.78, 5) is 3.85. The van der Waals surface area contributed by atoms with E-state index in [1.807, 2.05) is 24.3 Å². The van der Waals surface area contributed by atoms with Crippen LogP contribution >= 0.6 is 23.4 Å². The van der Waals surface area contributed by atoms with Gasteiger partial charge in [0.15, 0.2) is 0 Å². The van der Waals surface area contributed by atoms with Crippen molar-refractivity contribution in [3.63, 3.8) is 0 Å². The molecule has 0 aliphatic carbocycles. The molecule has 0 amide bonds. The van der Waals surface area contributed by atoms with Crippen molar-refractivity contribution >= 4 is 23.4 Å². The Morgan fingerprint density at radius 2 is 2.05 bits per heavy atom. The molecule has 0 spiro atoms. The van der Waals surface area contributed by atoms with Gasteiger partial charge in [-0.2, -0.15) is 5.10 Å². The molecule has 2 heterocycles. The quantitative estimate of drug-likeness (QED) is 0.675. The minimum absolute atomic E-state index is 0.425. The molecule has 2 aromatic heterocycles. The van der Waals surface area contributed by atoms with E-state index in [4.69, 9.17) is 16.0 Å². The first-order valence-electron chi connectivity index (χ1n) is 5.81. The second-order valence-corrected chi connectivity index (χ2v) is 5.33. The first kappa shape index (κ1) is 13.1. The molecular weight excluding hydrogens is 298 g/mol. The zero-order chi connectivity index (χ0) is 13.8. The lowest BCUT2D eigenvalue weighted by molar-refractivity contribution is 0.397. The summed E-state index contributed by atoms with van der Waals surface area (Å²) in [6.45, 7) is 0.425. The molecule has 0 fully saturated rings. The van der Waals surface area contributed by atoms with E-state index in [9.17, 15) is 0 Å². The maximum atomic E-state index is 5.84. The second-order valence-electron chi connectivity index (χ2n) is 3.97. The van der Waals surface area contributed by atoms with Crippen LogP contribution < -0.4 is 0 Å². The van der Waals surface area contributed by atoms with E-state index in [1.165, 1.54) is 18.1 Å². The van der Waals surface area contributed by atoms with Gasteiger partial charge in [-0.05, 0) is 17.7 Å². The molecule has 20 heavy (non-hydrogen) atoms. The van der Waals surface area contributed by atoms with E-state index in [2.05, 4.69) is 20.3 Å². The number of halogens is 1. The number of benzene rings is 1. The van der Waals surface area contributed by atoms with Crippen molar-refractivity contribution in [3.8, 4) is 0 Å². The van der Waals surface area contributed by atoms with Crippen molar-refractivity contribution in [1.82, 2.24) is 25.0 Å². The molecule has 6 nitrogen and oxygen atoms in total. The summed E-state index contributed by atoms with van der Waals surface area (Å²) in [6, 6.07) is 7.67. The molecule has 0 aliphatic heterocycles. The molecule has 1 aromatic carbocycles. The number of rotatable bonds is 5. The predicted octanol–water partition coefficient (Wildman–Crippen LogP) is 2.66. The summed E-state index contributed by atoms with van der Waals surface area (Å²) in [6.07, 6.45) is 3.07. The summed E-state index contributed by atoms with van der Waals surface area (Å²) in [5.41, 5.74) is 1.15. The van der Waals surface area contributed by atoms with Crippen LogP contribution in [0.15, 0.2) is 46.6 Å². The van der Waals surface area contributed by atoms with Gasteiger partial charge in [-0.15, -0.1) is 10.2 Å². The predicted molar refractivity (Wildman–Crippen MR) is 74.4 cm³/mol. The SMILES string of the molecule is Clc1ccc(CSc2nnc(Cn3cncn3)o2)cc1. The van der Waals surface area contributed by atoms with Crippen LogP contribution in [0.2, 0.25) is 5.02 Å². The van der Waals surface area contributed by atoms with E-state index < -0.39 is 0 Å². The third kappa shape index (κ3) is 3.37. The molecule has 3 rings (SSSR count). The third-order valence-electron chi connectivity index (χ3n) is 2.49. The summed E-state index contributed by atoms with van der Waals surface area (Å²) in [7, 11) is 0. The first-order chi connectivity index (χ1) is 9.79. The molecule has 0 aliphatic rings. The highest BCUT2D eigenvalue weighted by atomic mass is 35.5. The first-order valence-corrected chi connectivity index (χ1v) is 7.18. The van der Waals surface area contributed by atoms with E-state index in [0.717, 1.165) is 16.3 Å². The van der Waals surface area contributed by atoms with Gasteiger partial charge in [0.2, 0.25) is 5.89 Å². The van der Waals surface area contributed by atoms with E-state index >= 15 is 0 Å². The van der Waals surface area contributed by atoms with Gasteiger partial charge in [0, 0.05) is 10.8 Å². The topological polar surface area (TPSA) is 69.6 Å². The van der Waals surface area contributed by atoms with Gasteiger partial charge in [0.25, 0.3) is 5.22 Å². The smallest absolute Gasteiger partial charge is 0.276 e. The molecule has 102 valence electrons. The molecule has 0 radical (unpaired) electrons. The highest BCUT2D eigenvalue weighted by Gasteiger charge is 2.08. The highest BCUT2D eigenvalue weighted by Crippen LogP contribution is 2.22. The van der Waals surface area contributed by atoms with Crippen molar-refractivity contribution in [2.24, 2.45) is 0 Å². The van der Waals surface area contributed by atoms with Crippen molar-refractivity contribution in [1.29, 1.82) is 0 Å². The van der Waals surface area contributed by atoms with Crippen LogP contribution in [0.25, 0.3) is 0 Å². The number of nitrogens with zero attached hydrogens (tertiary/aromatic N) is 5. The van der Waals surface area contributed by atoms with Gasteiger partial charge in [-0.3, -0.25) is 0 Å². The van der Waals surface area contributed by atoms with Crippen molar-refractivity contribution < 1.29 is 4.42 Å². The maximum Gasteiger partial charge on any atom is 0.276 e. The van der Waals surface area contributed by atoms with Gasteiger partial charge in [-0.25, -0.2) is 9.67 Å². The zero-order valence-electron chi connectivity index (χ0n) is 10.3. The third-order valence-corrected chi connectivity index (χ3v) is 3.63. The Hall–Kier alpha value is -1.86. The molecule has 0 saturated carbocycles. The van der Waals surface area contributed by atoms with Crippen LogP contribution in [-0.2, 0) is 12.3 Å². The largest absolute Gasteiger partial charge is 0.414 e. The Kier molecular flexibility index (Phi) is 3.98. The van der Waals surface area contributed by atoms with Crippen LogP contribution in [0.1, 0.15) is 11.5 Å². The van der Waals surface area contributed by atoms with Crippen LogP contribution in [0, 0.1) is 0 Å². The number of hydrogen-bond donors (Lipinski definition) is 0. The van der Waals surface area contributed by atoms with Crippen molar-refractivity contribution in [2.75, 3.05) is 0 Å². The van der Waals surface area contributed by atoms with Crippen LogP contribution in [0.5, 0.6) is 0 Å². The van der Waals surface area contributed by atoms with Crippen LogP contribution in [0.4, 0.5) is 0 Å². The number of thioether (sulfide) groups is 1. The lowest BCUT2D eigenvalue weighted by Gasteiger charge is -1.98. The fourth-order valence-electron chi connectivity index (χ4n) is 1.54. The molecule has 0 unspecified atom stereocenters. The monoisotopic (exact) mass is 307 g/mol. The Balaban J connectivity index is 1.58. The highest BCUT2D eigenvalue weighted by molar-refractivity contribution is 7.98. The Labute approximate surface area is 124 Å². The molecule has 0 bridgehead atoms. The molecule has 0 N–H and O–H groups in total. The lowest BCUT2D eigenvalue weighted by atomic mass is 10.2. The van der Waals surface area contributed by atoms with Crippen LogP contribution in [-0.4, -0.2) is 25.0 Å². The molecule has 0 atom stereocenters. The fourth-order valence-corrected chi connectivity index (χ4v) is 2.40. The second kappa shape index (κ2) is 6.06. The van der Waals surface area contributed by atoms with Gasteiger partial charge < -0.3 is 4.42 Å². The molecule has 0 saturated heterocycles. The standard InChI is InChI=1S/C12H10ClN5OS/c13-10-3-1-9(2-4-10)6-20-12-17-16-11(19-12)5-18-8-14-7-15-18/h1-4,7-8H,5-6H2. The average Bonchev–Trinajstić information content (AvgIpc) is 3.11. The molecular formula is C12H10ClN5OS. The van der Waals surface area contributed by atoms with Crippen molar-refractivity contribution in [3.05, 3.63) is 53.4 Å². The summed E-state index contributed by atoms with van der Waals surface area (Å²) in [5, 5.41) is 13.2. The van der Waals surface area contributed by atoms with E-state index in [0.29, 0.717) is 17.7 Å². The Bertz CT molecular complexity index is 667. The summed E-state index contributed by atoms with van der Waals surface area (Å²) < 4.78 is 7.15. The summed E-state index contributed by atoms with van der Waals surface area (Å²) >= 11 is 7.32. The number of aromatic nitrogens is 5. The summed E-state index contributed by atoms with van der Waals surface area (Å²) in [5.74, 6) is 1.26. The Morgan fingerprint density at radius 1 is 1.20 bits per heavy atom. The Morgan fingerprint density at radius 3 is 2.80 bits per heavy atom. The van der Waals surface area contributed by atoms with Gasteiger partial charge >= 0.3 is 0 Å². The fraction of sp³-hybridized carbons (Fsp3) is 0.167. The van der Waals surface area contributed by atoms with Crippen LogP contribution in [0.3, 0.4) is 0 Å².